The number of nitrogens with zero attached hydrogens (tertiary/aromatic N) is 1. The van der Waals surface area contributed by atoms with Gasteiger partial charge in [0.2, 0.25) is 0 Å². The van der Waals surface area contributed by atoms with Crippen LogP contribution in [0.3, 0.4) is 0 Å². The van der Waals surface area contributed by atoms with Gasteiger partial charge in [0.15, 0.2) is 0 Å². The maximum absolute atomic E-state index is 4.45. The first-order valence-electron chi connectivity index (χ1n) is 4.20. The molecule has 70 valence electrons. The van der Waals surface area contributed by atoms with Gasteiger partial charge >= 0.3 is 0 Å². The lowest BCUT2D eigenvalue weighted by molar-refractivity contribution is 1.38. The zero-order chi connectivity index (χ0) is 9.68. The lowest BCUT2D eigenvalue weighted by atomic mass is 10.3. The van der Waals surface area contributed by atoms with Crippen LogP contribution in [-0.2, 0) is 0 Å². The molecule has 0 bridgehead atoms. The van der Waals surface area contributed by atoms with E-state index in [9.17, 15) is 0 Å². The van der Waals surface area contributed by atoms with Gasteiger partial charge in [0.1, 0.15) is 0 Å². The molecule has 0 saturated carbocycles. The summed E-state index contributed by atoms with van der Waals surface area (Å²) in [4.78, 5) is 5.38. The van der Waals surface area contributed by atoms with Gasteiger partial charge in [-0.05, 0) is 24.8 Å². The van der Waals surface area contributed by atoms with Gasteiger partial charge in [-0.15, -0.1) is 24.4 Å². The Hall–Kier alpha value is -0.410. The molecule has 1 rings (SSSR count). The zero-order valence-corrected chi connectivity index (χ0v) is 9.53. The van der Waals surface area contributed by atoms with Crippen LogP contribution in [-0.4, -0.2) is 10.8 Å². The molecule has 0 unspecified atom stereocenters. The fraction of sp³-hybridized carbons (Fsp3) is 0.300. The number of thiol groups is 1. The van der Waals surface area contributed by atoms with Crippen LogP contribution in [0, 0.1) is 0 Å². The fourth-order valence-electron chi connectivity index (χ4n) is 0.969. The van der Waals surface area contributed by atoms with Crippen molar-refractivity contribution in [3.63, 3.8) is 0 Å². The maximum Gasteiger partial charge on any atom is 0.0772 e. The molecule has 0 radical (unpaired) electrons. The van der Waals surface area contributed by atoms with Crippen molar-refractivity contribution in [3.05, 3.63) is 24.3 Å². The van der Waals surface area contributed by atoms with E-state index < -0.39 is 0 Å². The van der Waals surface area contributed by atoms with E-state index in [0.717, 1.165) is 21.4 Å². The number of rotatable bonds is 2. The third-order valence-corrected chi connectivity index (χ3v) is 2.69. The molecule has 0 N–H and O–H groups in total. The largest absolute Gasteiger partial charge is 0.246 e. The van der Waals surface area contributed by atoms with Crippen molar-refractivity contribution in [2.45, 2.75) is 18.7 Å². The Balaban J connectivity index is 2.84. The number of aliphatic imine (C=N–C) groups is 1. The topological polar surface area (TPSA) is 12.4 Å². The Morgan fingerprint density at radius 1 is 1.46 bits per heavy atom. The Bertz CT molecular complexity index is 308. The van der Waals surface area contributed by atoms with Crippen LogP contribution in [0.5, 0.6) is 0 Å². The van der Waals surface area contributed by atoms with Gasteiger partial charge in [-0.1, -0.05) is 19.1 Å². The SMILES string of the molecule is CCSC(C)=Nc1ccccc1S. The second kappa shape index (κ2) is 5.35. The summed E-state index contributed by atoms with van der Waals surface area (Å²) in [5.41, 5.74) is 0.948. The predicted octanol–water partition coefficient (Wildman–Crippen LogP) is 3.78. The van der Waals surface area contributed by atoms with Crippen LogP contribution in [0.4, 0.5) is 5.69 Å². The average molecular weight is 211 g/mol. The highest BCUT2D eigenvalue weighted by Crippen LogP contribution is 2.23. The normalized spacial score (nSPS) is 11.8. The van der Waals surface area contributed by atoms with Crippen LogP contribution < -0.4 is 0 Å². The van der Waals surface area contributed by atoms with Crippen LogP contribution in [0.25, 0.3) is 0 Å². The van der Waals surface area contributed by atoms with Crippen LogP contribution in [0.15, 0.2) is 34.2 Å². The molecule has 1 aromatic rings. The third-order valence-electron chi connectivity index (χ3n) is 1.51. The molecule has 0 saturated heterocycles. The summed E-state index contributed by atoms with van der Waals surface area (Å²) in [6.45, 7) is 4.14. The zero-order valence-electron chi connectivity index (χ0n) is 7.82. The van der Waals surface area contributed by atoms with Gasteiger partial charge in [-0.3, -0.25) is 0 Å². The molecule has 0 aliphatic carbocycles. The molecule has 0 atom stereocenters. The monoisotopic (exact) mass is 211 g/mol. The lowest BCUT2D eigenvalue weighted by Crippen LogP contribution is -1.83. The van der Waals surface area contributed by atoms with Crippen LogP contribution in [0.1, 0.15) is 13.8 Å². The molecule has 0 fully saturated rings. The smallest absolute Gasteiger partial charge is 0.0772 e. The Morgan fingerprint density at radius 2 is 2.15 bits per heavy atom. The summed E-state index contributed by atoms with van der Waals surface area (Å²) in [6, 6.07) is 7.86. The van der Waals surface area contributed by atoms with Crippen molar-refractivity contribution >= 4 is 35.1 Å². The lowest BCUT2D eigenvalue weighted by Gasteiger charge is -2.00. The molecule has 1 nitrogen and oxygen atoms in total. The second-order valence-corrected chi connectivity index (χ2v) is 4.49. The third kappa shape index (κ3) is 3.44. The van der Waals surface area contributed by atoms with Gasteiger partial charge in [-0.25, -0.2) is 4.99 Å². The molecule has 0 aliphatic rings. The number of thioether (sulfide) groups is 1. The number of benzene rings is 1. The second-order valence-electron chi connectivity index (χ2n) is 2.55. The summed E-state index contributed by atoms with van der Waals surface area (Å²) < 4.78 is 0. The number of hydrogen-bond donors (Lipinski definition) is 1. The minimum atomic E-state index is 0.929. The van der Waals surface area contributed by atoms with E-state index in [1.165, 1.54) is 0 Å². The van der Waals surface area contributed by atoms with Gasteiger partial charge < -0.3 is 0 Å². The Morgan fingerprint density at radius 3 is 2.77 bits per heavy atom. The molecule has 0 aromatic heterocycles. The fourth-order valence-corrected chi connectivity index (χ4v) is 1.76. The van der Waals surface area contributed by atoms with Crippen LogP contribution >= 0.6 is 24.4 Å². The molecule has 3 heteroatoms. The summed E-state index contributed by atoms with van der Waals surface area (Å²) in [5.74, 6) is 1.06. The standard InChI is InChI=1S/C10H13NS2/c1-3-13-8(2)11-9-6-4-5-7-10(9)12/h4-7,12H,3H2,1-2H3. The van der Waals surface area contributed by atoms with Gasteiger partial charge in [0, 0.05) is 4.90 Å². The molecule has 1 aromatic carbocycles. The number of para-hydroxylation sites is 1. The van der Waals surface area contributed by atoms with E-state index in [0.29, 0.717) is 0 Å². The van der Waals surface area contributed by atoms with Crippen molar-refractivity contribution < 1.29 is 0 Å². The minimum absolute atomic E-state index is 0.929. The first-order chi connectivity index (χ1) is 6.24. The quantitative estimate of drug-likeness (QED) is 0.446. The molecule has 0 heterocycles. The van der Waals surface area contributed by atoms with Gasteiger partial charge in [0.25, 0.3) is 0 Å². The molecule has 0 aliphatic heterocycles. The Labute approximate surface area is 89.1 Å². The van der Waals surface area contributed by atoms with Crippen LogP contribution in [0.2, 0.25) is 0 Å². The van der Waals surface area contributed by atoms with Crippen molar-refractivity contribution in [2.24, 2.45) is 4.99 Å². The average Bonchev–Trinajstić information content (AvgIpc) is 2.09. The van der Waals surface area contributed by atoms with E-state index in [1.54, 1.807) is 11.8 Å². The molecular formula is C10H13NS2. The van der Waals surface area contributed by atoms with E-state index in [2.05, 4.69) is 24.5 Å². The molecule has 0 spiro atoms. The highest BCUT2D eigenvalue weighted by Gasteiger charge is 1.95. The predicted molar refractivity (Wildman–Crippen MR) is 64.6 cm³/mol. The molecule has 0 amide bonds. The van der Waals surface area contributed by atoms with E-state index in [4.69, 9.17) is 0 Å². The highest BCUT2D eigenvalue weighted by atomic mass is 32.2. The summed E-state index contributed by atoms with van der Waals surface area (Å²) in [7, 11) is 0. The van der Waals surface area contributed by atoms with E-state index >= 15 is 0 Å². The molecule has 13 heavy (non-hydrogen) atoms. The van der Waals surface area contributed by atoms with Crippen molar-refractivity contribution in [1.29, 1.82) is 0 Å². The van der Waals surface area contributed by atoms with Crippen molar-refractivity contribution in [2.75, 3.05) is 5.75 Å². The van der Waals surface area contributed by atoms with Gasteiger partial charge in [0.05, 0.1) is 10.7 Å². The molecular weight excluding hydrogens is 198 g/mol. The highest BCUT2D eigenvalue weighted by molar-refractivity contribution is 8.13. The summed E-state index contributed by atoms with van der Waals surface area (Å²) >= 11 is 6.08. The first-order valence-corrected chi connectivity index (χ1v) is 5.63. The van der Waals surface area contributed by atoms with Crippen molar-refractivity contribution in [1.82, 2.24) is 0 Å². The summed E-state index contributed by atoms with van der Waals surface area (Å²) in [5, 5.41) is 1.09. The van der Waals surface area contributed by atoms with Crippen molar-refractivity contribution in [3.8, 4) is 0 Å². The van der Waals surface area contributed by atoms with Gasteiger partial charge in [-0.2, -0.15) is 0 Å². The van der Waals surface area contributed by atoms with E-state index in [-0.39, 0.29) is 0 Å². The minimum Gasteiger partial charge on any atom is -0.246 e. The number of hydrogen-bond acceptors (Lipinski definition) is 3. The Kier molecular flexibility index (Phi) is 4.39. The maximum atomic E-state index is 4.45. The van der Waals surface area contributed by atoms with E-state index in [1.807, 2.05) is 31.2 Å². The summed E-state index contributed by atoms with van der Waals surface area (Å²) in [6.07, 6.45) is 0. The first kappa shape index (κ1) is 10.7.